The summed E-state index contributed by atoms with van der Waals surface area (Å²) in [5.41, 5.74) is 17.8. The average molecular weight is 474 g/mol. The number of hydrogen-bond donors (Lipinski definition) is 2. The Morgan fingerprint density at radius 1 is 0.882 bits per heavy atom. The molecule has 172 valence electrons. The van der Waals surface area contributed by atoms with Crippen LogP contribution in [0.4, 0.5) is 11.4 Å². The van der Waals surface area contributed by atoms with Crippen molar-refractivity contribution in [2.75, 3.05) is 32.8 Å². The SMILES string of the molecule is COc1cc2nc(-c3ccc(-n4cncc4-c4ccc(N)cc4N)cc3)sc2c(OC)c1OC. The van der Waals surface area contributed by atoms with Gasteiger partial charge in [0.1, 0.15) is 9.71 Å². The van der Waals surface area contributed by atoms with Gasteiger partial charge in [0.2, 0.25) is 5.75 Å². The molecule has 3 aromatic carbocycles. The molecule has 0 unspecified atom stereocenters. The van der Waals surface area contributed by atoms with Crippen LogP contribution in [0.25, 0.3) is 37.7 Å². The van der Waals surface area contributed by atoms with Crippen molar-refractivity contribution in [3.8, 4) is 44.8 Å². The van der Waals surface area contributed by atoms with E-state index < -0.39 is 0 Å². The summed E-state index contributed by atoms with van der Waals surface area (Å²) in [5.74, 6) is 1.74. The van der Waals surface area contributed by atoms with E-state index in [9.17, 15) is 0 Å². The predicted molar refractivity (Wildman–Crippen MR) is 136 cm³/mol. The molecule has 0 aliphatic carbocycles. The third-order valence-corrected chi connectivity index (χ3v) is 6.69. The number of fused-ring (bicyclic) bond motifs is 1. The maximum absolute atomic E-state index is 6.21. The van der Waals surface area contributed by atoms with Crippen molar-refractivity contribution in [1.82, 2.24) is 14.5 Å². The van der Waals surface area contributed by atoms with Crippen molar-refractivity contribution in [3.63, 3.8) is 0 Å². The van der Waals surface area contributed by atoms with E-state index >= 15 is 0 Å². The number of hydrogen-bond acceptors (Lipinski definition) is 8. The summed E-state index contributed by atoms with van der Waals surface area (Å²) in [7, 11) is 4.80. The van der Waals surface area contributed by atoms with Crippen LogP contribution in [0.2, 0.25) is 0 Å². The number of thiazole rings is 1. The Morgan fingerprint density at radius 2 is 1.65 bits per heavy atom. The van der Waals surface area contributed by atoms with Crippen LogP contribution in [0, 0.1) is 0 Å². The molecule has 0 saturated carbocycles. The van der Waals surface area contributed by atoms with Crippen LogP contribution in [-0.2, 0) is 0 Å². The summed E-state index contributed by atoms with van der Waals surface area (Å²) in [6.07, 6.45) is 3.55. The molecule has 0 bridgehead atoms. The maximum Gasteiger partial charge on any atom is 0.204 e. The first kappa shape index (κ1) is 21.6. The van der Waals surface area contributed by atoms with Gasteiger partial charge in [-0.1, -0.05) is 0 Å². The second kappa shape index (κ2) is 8.60. The minimum absolute atomic E-state index is 0.553. The molecule has 4 N–H and O–H groups in total. The van der Waals surface area contributed by atoms with Gasteiger partial charge in [-0.15, -0.1) is 11.3 Å². The highest BCUT2D eigenvalue weighted by molar-refractivity contribution is 7.22. The number of benzene rings is 3. The van der Waals surface area contributed by atoms with Gasteiger partial charge in [-0.25, -0.2) is 9.97 Å². The van der Waals surface area contributed by atoms with E-state index in [0.717, 1.165) is 37.7 Å². The first-order valence-corrected chi connectivity index (χ1v) is 11.2. The van der Waals surface area contributed by atoms with E-state index in [1.54, 1.807) is 39.9 Å². The number of ether oxygens (including phenoxy) is 3. The maximum atomic E-state index is 6.21. The molecule has 5 rings (SSSR count). The summed E-state index contributed by atoms with van der Waals surface area (Å²) in [6.45, 7) is 0. The Bertz CT molecular complexity index is 1490. The topological polar surface area (TPSA) is 110 Å². The molecule has 0 fully saturated rings. The lowest BCUT2D eigenvalue weighted by molar-refractivity contribution is 0.327. The molecular weight excluding hydrogens is 450 g/mol. The zero-order valence-electron chi connectivity index (χ0n) is 18.9. The molecule has 5 aromatic rings. The van der Waals surface area contributed by atoms with Crippen LogP contribution in [0.5, 0.6) is 17.2 Å². The zero-order chi connectivity index (χ0) is 23.8. The number of nitrogen functional groups attached to an aromatic ring is 2. The van der Waals surface area contributed by atoms with Crippen molar-refractivity contribution in [2.24, 2.45) is 0 Å². The van der Waals surface area contributed by atoms with E-state index in [2.05, 4.69) is 4.98 Å². The largest absolute Gasteiger partial charge is 0.493 e. The normalized spacial score (nSPS) is 11.0. The molecule has 9 heteroatoms. The van der Waals surface area contributed by atoms with E-state index in [1.165, 1.54) is 11.3 Å². The molecule has 0 saturated heterocycles. The van der Waals surface area contributed by atoms with Crippen molar-refractivity contribution in [1.29, 1.82) is 0 Å². The first-order chi connectivity index (χ1) is 16.5. The predicted octanol–water partition coefficient (Wildman–Crippen LogP) is 5.01. The van der Waals surface area contributed by atoms with Gasteiger partial charge in [0, 0.05) is 34.3 Å². The quantitative estimate of drug-likeness (QED) is 0.334. The molecule has 2 aromatic heterocycles. The summed E-state index contributed by atoms with van der Waals surface area (Å²) < 4.78 is 19.5. The van der Waals surface area contributed by atoms with Gasteiger partial charge < -0.3 is 25.7 Å². The Hall–Kier alpha value is -4.24. The molecule has 0 spiro atoms. The molecule has 34 heavy (non-hydrogen) atoms. The van der Waals surface area contributed by atoms with Crippen molar-refractivity contribution < 1.29 is 14.2 Å². The lowest BCUT2D eigenvalue weighted by Crippen LogP contribution is -1.99. The first-order valence-electron chi connectivity index (χ1n) is 10.4. The fraction of sp³-hybridized carbons (Fsp3) is 0.120. The Balaban J connectivity index is 1.53. The van der Waals surface area contributed by atoms with E-state index in [1.807, 2.05) is 47.0 Å². The highest BCUT2D eigenvalue weighted by Gasteiger charge is 2.20. The second-order valence-electron chi connectivity index (χ2n) is 7.56. The molecular formula is C25H23N5O3S. The van der Waals surface area contributed by atoms with Gasteiger partial charge in [-0.05, 0) is 42.5 Å². The van der Waals surface area contributed by atoms with E-state index in [4.69, 9.17) is 30.7 Å². The van der Waals surface area contributed by atoms with E-state index in [-0.39, 0.29) is 0 Å². The molecule has 0 aliphatic rings. The fourth-order valence-corrected chi connectivity index (χ4v) is 5.00. The third-order valence-electron chi connectivity index (χ3n) is 5.57. The monoisotopic (exact) mass is 473 g/mol. The summed E-state index contributed by atoms with van der Waals surface area (Å²) in [5, 5.41) is 0.865. The summed E-state index contributed by atoms with van der Waals surface area (Å²) >= 11 is 1.54. The lowest BCUT2D eigenvalue weighted by Gasteiger charge is -2.11. The van der Waals surface area contributed by atoms with Gasteiger partial charge >= 0.3 is 0 Å². The number of rotatable bonds is 6. The van der Waals surface area contributed by atoms with Gasteiger partial charge in [0.15, 0.2) is 11.5 Å². The number of methoxy groups -OCH3 is 3. The molecule has 0 aliphatic heterocycles. The van der Waals surface area contributed by atoms with Crippen molar-refractivity contribution in [3.05, 3.63) is 61.1 Å². The van der Waals surface area contributed by atoms with Gasteiger partial charge in [0.05, 0.1) is 45.1 Å². The summed E-state index contributed by atoms with van der Waals surface area (Å²) in [6, 6.07) is 15.5. The fourth-order valence-electron chi connectivity index (χ4n) is 3.93. The Kier molecular flexibility index (Phi) is 5.46. The van der Waals surface area contributed by atoms with E-state index in [0.29, 0.717) is 28.6 Å². The lowest BCUT2D eigenvalue weighted by atomic mass is 10.1. The Morgan fingerprint density at radius 3 is 2.32 bits per heavy atom. The van der Waals surface area contributed by atoms with Crippen LogP contribution in [0.15, 0.2) is 61.1 Å². The minimum atomic E-state index is 0.553. The molecule has 0 amide bonds. The minimum Gasteiger partial charge on any atom is -0.493 e. The molecule has 8 nitrogen and oxygen atoms in total. The number of imidazole rings is 1. The van der Waals surface area contributed by atoms with Crippen molar-refractivity contribution >= 4 is 32.9 Å². The highest BCUT2D eigenvalue weighted by atomic mass is 32.1. The van der Waals surface area contributed by atoms with Crippen LogP contribution < -0.4 is 25.7 Å². The number of anilines is 2. The van der Waals surface area contributed by atoms with Crippen molar-refractivity contribution in [2.45, 2.75) is 0 Å². The van der Waals surface area contributed by atoms with Crippen LogP contribution in [-0.4, -0.2) is 35.9 Å². The summed E-state index contributed by atoms with van der Waals surface area (Å²) in [4.78, 5) is 9.14. The third kappa shape index (κ3) is 3.56. The second-order valence-corrected chi connectivity index (χ2v) is 8.55. The van der Waals surface area contributed by atoms with Crippen LogP contribution >= 0.6 is 11.3 Å². The molecule has 0 radical (unpaired) electrons. The van der Waals surface area contributed by atoms with Crippen LogP contribution in [0.3, 0.4) is 0 Å². The molecule has 2 heterocycles. The standard InChI is InChI=1S/C25H23N5O3S/c1-31-21-11-19-24(23(33-3)22(21)32-2)34-25(29-19)14-4-7-16(8-5-14)30-13-28-12-20(30)17-9-6-15(26)10-18(17)27/h4-13H,26-27H2,1-3H3. The number of nitrogens with zero attached hydrogens (tertiary/aromatic N) is 3. The molecule has 0 atom stereocenters. The van der Waals surface area contributed by atoms with Gasteiger partial charge in [-0.3, -0.25) is 4.57 Å². The number of aromatic nitrogens is 3. The smallest absolute Gasteiger partial charge is 0.204 e. The van der Waals surface area contributed by atoms with Gasteiger partial charge in [-0.2, -0.15) is 0 Å². The number of nitrogens with two attached hydrogens (primary N) is 2. The zero-order valence-corrected chi connectivity index (χ0v) is 19.7. The van der Waals surface area contributed by atoms with Gasteiger partial charge in [0.25, 0.3) is 0 Å². The highest BCUT2D eigenvalue weighted by Crippen LogP contribution is 2.46. The Labute approximate surface area is 200 Å². The van der Waals surface area contributed by atoms with Crippen LogP contribution in [0.1, 0.15) is 0 Å². The average Bonchev–Trinajstić information content (AvgIpc) is 3.50.